The highest BCUT2D eigenvalue weighted by Gasteiger charge is 2.42. The van der Waals surface area contributed by atoms with Gasteiger partial charge >= 0.3 is 9.95 Å². The molecular formula is C10H5Cl4FN2O2S. The molecule has 0 aliphatic carbocycles. The van der Waals surface area contributed by atoms with Crippen LogP contribution in [-0.2, 0) is 4.79 Å². The number of anilines is 1. The number of alkyl halides is 3. The Balaban J connectivity index is 2.27. The molecule has 1 fully saturated rings. The normalized spacial score (nSPS) is 16.2. The lowest BCUT2D eigenvalue weighted by Gasteiger charge is -2.18. The minimum atomic E-state index is -2.70. The second kappa shape index (κ2) is 5.77. The fourth-order valence-corrected chi connectivity index (χ4v) is 2.93. The van der Waals surface area contributed by atoms with Crippen molar-refractivity contribution in [2.24, 2.45) is 0 Å². The summed E-state index contributed by atoms with van der Waals surface area (Å²) in [6.07, 6.45) is 0. The highest BCUT2D eigenvalue weighted by atomic mass is 35.5. The van der Waals surface area contributed by atoms with E-state index in [1.54, 1.807) is 0 Å². The van der Waals surface area contributed by atoms with E-state index in [1.165, 1.54) is 18.2 Å². The molecule has 108 valence electrons. The molecule has 3 amide bonds. The van der Waals surface area contributed by atoms with Gasteiger partial charge in [0.05, 0.1) is 15.7 Å². The van der Waals surface area contributed by atoms with Gasteiger partial charge in [-0.05, 0) is 18.2 Å². The number of hydrogen-bond donors (Lipinski definition) is 0. The van der Waals surface area contributed by atoms with Crippen molar-refractivity contribution in [2.75, 3.05) is 11.4 Å². The summed E-state index contributed by atoms with van der Waals surface area (Å²) in [6.45, 7) is -0.352. The van der Waals surface area contributed by atoms with E-state index in [0.717, 1.165) is 9.21 Å². The van der Waals surface area contributed by atoms with Gasteiger partial charge in [-0.3, -0.25) is 9.10 Å². The maximum Gasteiger partial charge on any atom is 0.342 e. The van der Waals surface area contributed by atoms with Gasteiger partial charge in [0.1, 0.15) is 6.54 Å². The molecule has 20 heavy (non-hydrogen) atoms. The van der Waals surface area contributed by atoms with E-state index >= 15 is 0 Å². The Morgan fingerprint density at radius 1 is 1.20 bits per heavy atom. The smallest absolute Gasteiger partial charge is 0.272 e. The average molecular weight is 378 g/mol. The summed E-state index contributed by atoms with van der Waals surface area (Å²) in [5, 5.41) is 0.468. The Morgan fingerprint density at radius 2 is 1.85 bits per heavy atom. The summed E-state index contributed by atoms with van der Waals surface area (Å²) in [7, 11) is 0. The molecule has 1 aromatic carbocycles. The van der Waals surface area contributed by atoms with E-state index in [-0.39, 0.29) is 34.2 Å². The maximum atomic E-state index is 13.1. The number of amides is 3. The molecule has 0 aromatic heterocycles. The molecule has 1 aliphatic rings. The van der Waals surface area contributed by atoms with Crippen LogP contribution in [0.4, 0.5) is 14.9 Å². The van der Waals surface area contributed by atoms with Crippen molar-refractivity contribution < 1.29 is 14.0 Å². The fourth-order valence-electron chi connectivity index (χ4n) is 1.55. The van der Waals surface area contributed by atoms with E-state index in [4.69, 9.17) is 46.4 Å². The third-order valence-electron chi connectivity index (χ3n) is 2.31. The molecule has 1 heterocycles. The molecule has 0 bridgehead atoms. The maximum absolute atomic E-state index is 13.1. The van der Waals surface area contributed by atoms with Crippen LogP contribution in [0.15, 0.2) is 18.2 Å². The Morgan fingerprint density at radius 3 is 2.40 bits per heavy atom. The van der Waals surface area contributed by atoms with Crippen LogP contribution in [0.1, 0.15) is 0 Å². The first-order valence-electron chi connectivity index (χ1n) is 5.04. The van der Waals surface area contributed by atoms with Crippen molar-refractivity contribution in [3.8, 4) is 0 Å². The van der Waals surface area contributed by atoms with Crippen LogP contribution in [-0.4, -0.2) is 26.7 Å². The molecule has 0 N–H and O–H groups in total. The van der Waals surface area contributed by atoms with Crippen molar-refractivity contribution in [1.29, 1.82) is 0 Å². The van der Waals surface area contributed by atoms with E-state index in [0.29, 0.717) is 0 Å². The van der Waals surface area contributed by atoms with Gasteiger partial charge in [-0.25, -0.2) is 9.69 Å². The van der Waals surface area contributed by atoms with Crippen molar-refractivity contribution >= 4 is 76.0 Å². The first kappa shape index (κ1) is 16.0. The highest BCUT2D eigenvalue weighted by molar-refractivity contribution is 8.01. The average Bonchev–Trinajstić information content (AvgIpc) is 2.56. The molecular weight excluding hydrogens is 373 g/mol. The van der Waals surface area contributed by atoms with Gasteiger partial charge < -0.3 is 0 Å². The van der Waals surface area contributed by atoms with Crippen LogP contribution in [0.3, 0.4) is 0 Å². The van der Waals surface area contributed by atoms with Gasteiger partial charge in [0.25, 0.3) is 5.91 Å². The van der Waals surface area contributed by atoms with Crippen molar-refractivity contribution in [2.45, 2.75) is 3.92 Å². The van der Waals surface area contributed by atoms with Crippen molar-refractivity contribution in [3.05, 3.63) is 28.2 Å². The lowest BCUT2D eigenvalue weighted by Crippen LogP contribution is -2.31. The Kier molecular flexibility index (Phi) is 4.61. The number of hydrogen-bond acceptors (Lipinski definition) is 3. The van der Waals surface area contributed by atoms with E-state index in [1.807, 2.05) is 0 Å². The Hall–Kier alpha value is -0.400. The largest absolute Gasteiger partial charge is 0.342 e. The van der Waals surface area contributed by atoms with E-state index in [9.17, 15) is 14.0 Å². The minimum Gasteiger partial charge on any atom is -0.272 e. The van der Waals surface area contributed by atoms with E-state index < -0.39 is 15.9 Å². The standard InChI is InChI=1S/C10H5Cl4FN2O2S/c11-6-2-1-5(3-7(6)12)17-8(18)4-16(9(17)19)20-10(13,14)15/h1-3H,4H2. The molecule has 0 radical (unpaired) electrons. The van der Waals surface area contributed by atoms with Crippen LogP contribution < -0.4 is 4.90 Å². The minimum absolute atomic E-state index is 0.186. The Bertz CT molecular complexity index is 581. The number of carbonyl (C=O) groups excluding carboxylic acids is 2. The molecule has 1 saturated heterocycles. The number of halogens is 5. The molecule has 0 atom stereocenters. The monoisotopic (exact) mass is 376 g/mol. The third kappa shape index (κ3) is 3.43. The summed E-state index contributed by atoms with van der Waals surface area (Å²) in [5.41, 5.74) is 0.228. The molecule has 10 heteroatoms. The van der Waals surface area contributed by atoms with Gasteiger partial charge in [0, 0.05) is 11.9 Å². The van der Waals surface area contributed by atoms with Crippen LogP contribution in [0.2, 0.25) is 10.0 Å². The zero-order chi connectivity index (χ0) is 15.1. The topological polar surface area (TPSA) is 40.6 Å². The molecule has 0 saturated carbocycles. The predicted octanol–water partition coefficient (Wildman–Crippen LogP) is 4.47. The summed E-state index contributed by atoms with van der Waals surface area (Å²) in [6, 6.07) is 3.49. The zero-order valence-corrected chi connectivity index (χ0v) is 13.3. The van der Waals surface area contributed by atoms with Gasteiger partial charge in [-0.15, -0.1) is 0 Å². The quantitative estimate of drug-likeness (QED) is 0.443. The van der Waals surface area contributed by atoms with Gasteiger partial charge in [-0.1, -0.05) is 46.4 Å². The molecule has 1 aliphatic heterocycles. The number of imide groups is 1. The van der Waals surface area contributed by atoms with Gasteiger partial charge in [0.2, 0.25) is 0 Å². The first-order chi connectivity index (χ1) is 9.19. The summed E-state index contributed by atoms with van der Waals surface area (Å²) in [4.78, 5) is 24.7. The summed E-state index contributed by atoms with van der Waals surface area (Å²) in [5.74, 6) is -0.557. The predicted molar refractivity (Wildman–Crippen MR) is 79.2 cm³/mol. The van der Waals surface area contributed by atoms with Crippen molar-refractivity contribution in [3.63, 3.8) is 0 Å². The van der Waals surface area contributed by atoms with Crippen LogP contribution >= 0.6 is 58.4 Å². The molecule has 0 spiro atoms. The van der Waals surface area contributed by atoms with Crippen molar-refractivity contribution in [1.82, 2.24) is 4.31 Å². The first-order valence-corrected chi connectivity index (χ1v) is 7.33. The zero-order valence-electron chi connectivity index (χ0n) is 9.45. The van der Waals surface area contributed by atoms with E-state index in [2.05, 4.69) is 0 Å². The van der Waals surface area contributed by atoms with Crippen LogP contribution in [0.25, 0.3) is 0 Å². The molecule has 2 rings (SSSR count). The Labute approximate surface area is 137 Å². The summed E-state index contributed by atoms with van der Waals surface area (Å²) < 4.78 is 11.2. The lowest BCUT2D eigenvalue weighted by atomic mass is 10.3. The summed E-state index contributed by atoms with van der Waals surface area (Å²) >= 11 is 22.1. The van der Waals surface area contributed by atoms with Gasteiger partial charge in [-0.2, -0.15) is 4.39 Å². The third-order valence-corrected chi connectivity index (χ3v) is 4.17. The number of benzene rings is 1. The molecule has 1 aromatic rings. The fraction of sp³-hybridized carbons (Fsp3) is 0.200. The van der Waals surface area contributed by atoms with Crippen LogP contribution in [0.5, 0.6) is 0 Å². The second-order valence-corrected chi connectivity index (χ2v) is 7.37. The number of nitrogens with zero attached hydrogens (tertiary/aromatic N) is 2. The molecule has 0 unspecified atom stereocenters. The highest BCUT2D eigenvalue weighted by Crippen LogP contribution is 2.41. The number of carbonyl (C=O) groups is 2. The number of rotatable bonds is 3. The second-order valence-electron chi connectivity index (χ2n) is 3.68. The lowest BCUT2D eigenvalue weighted by molar-refractivity contribution is -0.116. The number of urea groups is 1. The van der Waals surface area contributed by atoms with Gasteiger partial charge in [0.15, 0.2) is 0 Å². The SMILES string of the molecule is O=C1CN(SC(F)(Cl)Cl)C(=O)N1c1ccc(Cl)c(Cl)c1. The van der Waals surface area contributed by atoms with Crippen LogP contribution in [0, 0.1) is 0 Å². The molecule has 4 nitrogen and oxygen atoms in total.